The fourth-order valence-corrected chi connectivity index (χ4v) is 2.29. The van der Waals surface area contributed by atoms with Crippen LogP contribution in [0.15, 0.2) is 12.3 Å². The van der Waals surface area contributed by atoms with Crippen LogP contribution in [0.25, 0.3) is 0 Å². The number of nitrogens with zero attached hydrogens (tertiary/aromatic N) is 3. The summed E-state index contributed by atoms with van der Waals surface area (Å²) in [4.78, 5) is 6.59. The Morgan fingerprint density at radius 1 is 1.59 bits per heavy atom. The molecule has 17 heavy (non-hydrogen) atoms. The maximum Gasteiger partial charge on any atom is 0.144 e. The van der Waals surface area contributed by atoms with Gasteiger partial charge in [0, 0.05) is 18.8 Å². The first-order valence-electron chi connectivity index (χ1n) is 6.01. The lowest BCUT2D eigenvalue weighted by Crippen LogP contribution is -2.40. The van der Waals surface area contributed by atoms with Crippen molar-refractivity contribution in [2.75, 3.05) is 25.5 Å². The maximum atomic E-state index is 9.14. The van der Waals surface area contributed by atoms with Gasteiger partial charge >= 0.3 is 0 Å². The number of likely N-dealkylation sites (N-methyl/N-ethyl adjacent to an activating group) is 1. The van der Waals surface area contributed by atoms with E-state index in [-0.39, 0.29) is 0 Å². The van der Waals surface area contributed by atoms with Gasteiger partial charge in [0.15, 0.2) is 0 Å². The van der Waals surface area contributed by atoms with Gasteiger partial charge in [-0.3, -0.25) is 0 Å². The third-order valence-electron chi connectivity index (χ3n) is 3.24. The summed E-state index contributed by atoms with van der Waals surface area (Å²) in [6.45, 7) is 4.11. The number of piperidine rings is 1. The number of anilines is 1. The average Bonchev–Trinajstić information content (AvgIpc) is 2.29. The van der Waals surface area contributed by atoms with Gasteiger partial charge in [-0.15, -0.1) is 0 Å². The summed E-state index contributed by atoms with van der Waals surface area (Å²) >= 11 is 0. The van der Waals surface area contributed by atoms with Gasteiger partial charge < -0.3 is 10.2 Å². The predicted octanol–water partition coefficient (Wildman–Crippen LogP) is 1.77. The van der Waals surface area contributed by atoms with E-state index in [0.717, 1.165) is 30.9 Å². The van der Waals surface area contributed by atoms with Crippen LogP contribution < -0.4 is 5.32 Å². The van der Waals surface area contributed by atoms with Crippen molar-refractivity contribution in [2.45, 2.75) is 25.8 Å². The number of hydrogen-bond acceptors (Lipinski definition) is 4. The summed E-state index contributed by atoms with van der Waals surface area (Å²) in [6.07, 6.45) is 4.09. The van der Waals surface area contributed by atoms with E-state index in [1.165, 1.54) is 6.42 Å². The first-order chi connectivity index (χ1) is 8.20. The molecule has 0 bridgehead atoms. The number of hydrogen-bond donors (Lipinski definition) is 1. The van der Waals surface area contributed by atoms with Gasteiger partial charge in [0.25, 0.3) is 0 Å². The fraction of sp³-hybridized carbons (Fsp3) is 0.538. The highest BCUT2D eigenvalue weighted by Crippen LogP contribution is 2.19. The Balaban J connectivity index is 2.13. The van der Waals surface area contributed by atoms with Crippen LogP contribution in [0, 0.1) is 18.3 Å². The van der Waals surface area contributed by atoms with Crippen molar-refractivity contribution in [1.29, 1.82) is 5.26 Å². The third-order valence-corrected chi connectivity index (χ3v) is 3.24. The third kappa shape index (κ3) is 2.75. The Morgan fingerprint density at radius 2 is 2.41 bits per heavy atom. The molecule has 0 amide bonds. The molecule has 1 saturated heterocycles. The van der Waals surface area contributed by atoms with E-state index < -0.39 is 0 Å². The Hall–Kier alpha value is -1.60. The number of nitrogens with one attached hydrogen (secondary N) is 1. The van der Waals surface area contributed by atoms with E-state index >= 15 is 0 Å². The van der Waals surface area contributed by atoms with Crippen LogP contribution >= 0.6 is 0 Å². The molecule has 4 heteroatoms. The zero-order valence-corrected chi connectivity index (χ0v) is 10.4. The zero-order chi connectivity index (χ0) is 12.3. The van der Waals surface area contributed by atoms with Crippen LogP contribution in [-0.4, -0.2) is 36.1 Å². The van der Waals surface area contributed by atoms with E-state index in [2.05, 4.69) is 28.3 Å². The van der Waals surface area contributed by atoms with Gasteiger partial charge in [0.1, 0.15) is 11.9 Å². The summed E-state index contributed by atoms with van der Waals surface area (Å²) in [7, 11) is 2.13. The highest BCUT2D eigenvalue weighted by atomic mass is 15.1. The summed E-state index contributed by atoms with van der Waals surface area (Å²) in [5, 5.41) is 12.5. The van der Waals surface area contributed by atoms with Crippen LogP contribution in [0.5, 0.6) is 0 Å². The second-order valence-electron chi connectivity index (χ2n) is 4.71. The first-order valence-corrected chi connectivity index (χ1v) is 6.01. The number of aryl methyl sites for hydroxylation is 1. The van der Waals surface area contributed by atoms with Crippen LogP contribution in [0.4, 0.5) is 5.82 Å². The minimum atomic E-state index is 0.398. The molecular weight excluding hydrogens is 212 g/mol. The molecule has 2 rings (SSSR count). The van der Waals surface area contributed by atoms with Gasteiger partial charge in [0.05, 0.1) is 5.56 Å². The van der Waals surface area contributed by atoms with Crippen LogP contribution in [0.3, 0.4) is 0 Å². The summed E-state index contributed by atoms with van der Waals surface area (Å²) in [5.41, 5.74) is 1.65. The lowest BCUT2D eigenvalue weighted by molar-refractivity contribution is 0.260. The van der Waals surface area contributed by atoms with Crippen molar-refractivity contribution >= 4 is 5.82 Å². The normalized spacial score (nSPS) is 20.9. The Morgan fingerprint density at radius 3 is 3.12 bits per heavy atom. The van der Waals surface area contributed by atoms with Crippen molar-refractivity contribution < 1.29 is 0 Å². The number of aromatic nitrogens is 1. The van der Waals surface area contributed by atoms with Crippen molar-refractivity contribution in [3.05, 3.63) is 23.4 Å². The Bertz CT molecular complexity index is 436. The van der Waals surface area contributed by atoms with Gasteiger partial charge in [-0.05, 0) is 45.0 Å². The molecule has 1 N–H and O–H groups in total. The number of nitriles is 1. The molecule has 0 spiro atoms. The molecule has 0 saturated carbocycles. The summed E-state index contributed by atoms with van der Waals surface area (Å²) < 4.78 is 0. The second-order valence-corrected chi connectivity index (χ2v) is 4.71. The summed E-state index contributed by atoms with van der Waals surface area (Å²) in [6, 6.07) is 4.50. The minimum Gasteiger partial charge on any atom is -0.365 e. The molecule has 1 aliphatic heterocycles. The fourth-order valence-electron chi connectivity index (χ4n) is 2.29. The molecule has 2 heterocycles. The lowest BCUT2D eigenvalue weighted by atomic mass is 10.1. The van der Waals surface area contributed by atoms with Gasteiger partial charge in [-0.2, -0.15) is 5.26 Å². The largest absolute Gasteiger partial charge is 0.365 e. The van der Waals surface area contributed by atoms with Crippen LogP contribution in [0.1, 0.15) is 24.0 Å². The Labute approximate surface area is 102 Å². The predicted molar refractivity (Wildman–Crippen MR) is 67.8 cm³/mol. The quantitative estimate of drug-likeness (QED) is 0.841. The molecule has 1 aliphatic rings. The molecule has 1 atom stereocenters. The second kappa shape index (κ2) is 5.15. The van der Waals surface area contributed by atoms with E-state index in [1.54, 1.807) is 6.20 Å². The van der Waals surface area contributed by atoms with Crippen molar-refractivity contribution in [2.24, 2.45) is 0 Å². The van der Waals surface area contributed by atoms with E-state index in [4.69, 9.17) is 5.26 Å². The average molecular weight is 230 g/mol. The van der Waals surface area contributed by atoms with E-state index in [0.29, 0.717) is 11.6 Å². The summed E-state index contributed by atoms with van der Waals surface area (Å²) in [5.74, 6) is 0.729. The molecule has 90 valence electrons. The van der Waals surface area contributed by atoms with Crippen molar-refractivity contribution in [3.8, 4) is 6.07 Å². The molecule has 1 aromatic rings. The molecule has 1 unspecified atom stereocenters. The number of rotatable bonds is 2. The van der Waals surface area contributed by atoms with Gasteiger partial charge in [0.2, 0.25) is 0 Å². The number of pyridine rings is 1. The first kappa shape index (κ1) is 11.9. The minimum absolute atomic E-state index is 0.398. The smallest absolute Gasteiger partial charge is 0.144 e. The highest BCUT2D eigenvalue weighted by molar-refractivity contribution is 5.55. The van der Waals surface area contributed by atoms with Gasteiger partial charge in [-0.1, -0.05) is 0 Å². The topological polar surface area (TPSA) is 52.0 Å². The van der Waals surface area contributed by atoms with E-state index in [1.807, 2.05) is 13.0 Å². The Kier molecular flexibility index (Phi) is 3.60. The van der Waals surface area contributed by atoms with E-state index in [9.17, 15) is 0 Å². The molecule has 4 nitrogen and oxygen atoms in total. The molecule has 0 radical (unpaired) electrons. The molecule has 1 aromatic heterocycles. The van der Waals surface area contributed by atoms with Crippen LogP contribution in [0.2, 0.25) is 0 Å². The monoisotopic (exact) mass is 230 g/mol. The lowest BCUT2D eigenvalue weighted by Gasteiger charge is -2.30. The molecule has 1 fully saturated rings. The molecular formula is C13H18N4. The van der Waals surface area contributed by atoms with Gasteiger partial charge in [-0.25, -0.2) is 4.98 Å². The maximum absolute atomic E-state index is 9.14. The highest BCUT2D eigenvalue weighted by Gasteiger charge is 2.18. The van der Waals surface area contributed by atoms with Crippen molar-refractivity contribution in [3.63, 3.8) is 0 Å². The molecule has 0 aliphatic carbocycles. The van der Waals surface area contributed by atoms with Crippen LogP contribution in [-0.2, 0) is 0 Å². The number of likely N-dealkylation sites (tertiary alicyclic amines) is 1. The zero-order valence-electron chi connectivity index (χ0n) is 10.4. The van der Waals surface area contributed by atoms with Crippen molar-refractivity contribution in [1.82, 2.24) is 9.88 Å². The molecule has 0 aromatic carbocycles. The SMILES string of the molecule is Cc1ccnc(NC2CCCN(C)C2)c1C#N. The standard InChI is InChI=1S/C13H18N4/c1-10-5-6-15-13(12(10)8-14)16-11-4-3-7-17(2)9-11/h5-6,11H,3-4,7,9H2,1-2H3,(H,15,16).